The maximum atomic E-state index is 12.0. The largest absolute Gasteiger partial charge is 0.394 e. The molecule has 1 aliphatic rings. The smallest absolute Gasteiger partial charge is 0.227 e. The second kappa shape index (κ2) is 12.5. The number of anilines is 2. The Morgan fingerprint density at radius 3 is 2.45 bits per heavy atom. The first-order valence-corrected chi connectivity index (χ1v) is 13.5. The monoisotopic (exact) mass is 525 g/mol. The van der Waals surface area contributed by atoms with Crippen molar-refractivity contribution in [1.29, 1.82) is 0 Å². The Bertz CT molecular complexity index is 1200. The number of aromatic nitrogens is 4. The number of carbonyl (C=O) groups is 1. The molecule has 6 N–H and O–H groups in total. The van der Waals surface area contributed by atoms with Gasteiger partial charge in [0.15, 0.2) is 17.0 Å². The number of imidazole rings is 1. The van der Waals surface area contributed by atoms with Gasteiger partial charge in [-0.25, -0.2) is 4.98 Å². The van der Waals surface area contributed by atoms with Crippen molar-refractivity contribution in [2.75, 3.05) is 17.2 Å². The molecular formula is C27H39N7O4. The Labute approximate surface area is 222 Å². The third kappa shape index (κ3) is 6.06. The number of amides is 1. The van der Waals surface area contributed by atoms with Crippen LogP contribution in [-0.2, 0) is 11.2 Å². The molecular weight excluding hydrogens is 486 g/mol. The Kier molecular flexibility index (Phi) is 9.13. The summed E-state index contributed by atoms with van der Waals surface area (Å²) in [6.07, 6.45) is 2.36. The highest BCUT2D eigenvalue weighted by Gasteiger charge is 2.43. The second-order valence-electron chi connectivity index (χ2n) is 9.90. The van der Waals surface area contributed by atoms with E-state index in [0.29, 0.717) is 42.2 Å². The average molecular weight is 526 g/mol. The van der Waals surface area contributed by atoms with Crippen LogP contribution in [0.1, 0.15) is 58.1 Å². The zero-order chi connectivity index (χ0) is 27.2. The van der Waals surface area contributed by atoms with Gasteiger partial charge in [-0.1, -0.05) is 51.1 Å². The summed E-state index contributed by atoms with van der Waals surface area (Å²) >= 11 is 0. The van der Waals surface area contributed by atoms with Crippen molar-refractivity contribution < 1.29 is 20.1 Å². The number of rotatable bonds is 12. The third-order valence-electron chi connectivity index (χ3n) is 7.30. The summed E-state index contributed by atoms with van der Waals surface area (Å²) in [4.78, 5) is 26.0. The number of fused-ring (bicyclic) bond motifs is 1. The lowest BCUT2D eigenvalue weighted by molar-refractivity contribution is -0.122. The first kappa shape index (κ1) is 27.7. The topological polar surface area (TPSA) is 157 Å². The number of hydrogen-bond acceptors (Lipinski definition) is 9. The molecule has 206 valence electrons. The molecule has 1 amide bonds. The number of benzene rings is 1. The van der Waals surface area contributed by atoms with E-state index in [1.807, 2.05) is 30.3 Å². The quantitative estimate of drug-likeness (QED) is 0.208. The van der Waals surface area contributed by atoms with Gasteiger partial charge >= 0.3 is 0 Å². The third-order valence-corrected chi connectivity index (χ3v) is 7.30. The summed E-state index contributed by atoms with van der Waals surface area (Å²) in [6, 6.07) is 8.61. The lowest BCUT2D eigenvalue weighted by atomic mass is 10.1. The molecule has 5 atom stereocenters. The molecule has 1 saturated carbocycles. The number of aliphatic hydroxyl groups is 3. The van der Waals surface area contributed by atoms with E-state index in [-0.39, 0.29) is 24.6 Å². The van der Waals surface area contributed by atoms with Crippen molar-refractivity contribution in [1.82, 2.24) is 24.8 Å². The van der Waals surface area contributed by atoms with Crippen molar-refractivity contribution in [3.8, 4) is 0 Å². The van der Waals surface area contributed by atoms with Crippen LogP contribution in [-0.4, -0.2) is 77.7 Å². The van der Waals surface area contributed by atoms with Crippen LogP contribution >= 0.6 is 0 Å². The van der Waals surface area contributed by atoms with Crippen molar-refractivity contribution >= 4 is 28.8 Å². The Morgan fingerprint density at radius 2 is 1.79 bits per heavy atom. The molecule has 38 heavy (non-hydrogen) atoms. The van der Waals surface area contributed by atoms with Gasteiger partial charge in [-0.15, -0.1) is 0 Å². The van der Waals surface area contributed by atoms with E-state index in [1.54, 1.807) is 17.8 Å². The predicted octanol–water partition coefficient (Wildman–Crippen LogP) is 2.00. The van der Waals surface area contributed by atoms with Crippen molar-refractivity contribution in [3.63, 3.8) is 0 Å². The molecule has 1 fully saturated rings. The van der Waals surface area contributed by atoms with Crippen LogP contribution in [0.2, 0.25) is 0 Å². The van der Waals surface area contributed by atoms with Crippen LogP contribution in [0.4, 0.5) is 11.8 Å². The van der Waals surface area contributed by atoms with E-state index in [0.717, 1.165) is 18.4 Å². The van der Waals surface area contributed by atoms with E-state index in [4.69, 9.17) is 9.97 Å². The molecule has 0 saturated heterocycles. The standard InChI is InChI=1S/C27H39N7O4/c1-4-17(5-2)29-25-22-26(33-27(32-25)30-18(14-35)12-16-10-8-7-9-11-16)34(15-28-22)20-13-19(23(37)24(20)38)31-21(36)6-3/h7-11,15,17-20,23-24,35,37-38H,4-6,12-14H2,1-3H3,(H,31,36)(H2,29,30,32,33)/t18-,19-,20+,23+,24-/m0/s1. The number of carbonyl (C=O) groups excluding carboxylic acids is 1. The summed E-state index contributed by atoms with van der Waals surface area (Å²) in [5.74, 6) is 0.702. The van der Waals surface area contributed by atoms with Crippen LogP contribution in [0, 0.1) is 0 Å². The molecule has 0 spiro atoms. The van der Waals surface area contributed by atoms with Crippen molar-refractivity contribution in [2.45, 2.75) is 89.3 Å². The minimum Gasteiger partial charge on any atom is -0.394 e. The van der Waals surface area contributed by atoms with Gasteiger partial charge in [-0.05, 0) is 31.2 Å². The maximum absolute atomic E-state index is 12.0. The summed E-state index contributed by atoms with van der Waals surface area (Å²) in [6.45, 7) is 5.82. The van der Waals surface area contributed by atoms with Gasteiger partial charge < -0.3 is 35.8 Å². The molecule has 2 aromatic heterocycles. The minimum absolute atomic E-state index is 0.114. The average Bonchev–Trinajstić information content (AvgIpc) is 3.47. The summed E-state index contributed by atoms with van der Waals surface area (Å²) in [5.41, 5.74) is 2.11. The first-order chi connectivity index (χ1) is 18.4. The van der Waals surface area contributed by atoms with E-state index in [9.17, 15) is 20.1 Å². The number of nitrogens with zero attached hydrogens (tertiary/aromatic N) is 4. The van der Waals surface area contributed by atoms with Crippen LogP contribution in [0.25, 0.3) is 11.2 Å². The van der Waals surface area contributed by atoms with E-state index >= 15 is 0 Å². The first-order valence-electron chi connectivity index (χ1n) is 13.5. The molecule has 11 heteroatoms. The highest BCUT2D eigenvalue weighted by Crippen LogP contribution is 2.34. The van der Waals surface area contributed by atoms with Crippen molar-refractivity contribution in [3.05, 3.63) is 42.2 Å². The fourth-order valence-corrected chi connectivity index (χ4v) is 4.99. The van der Waals surface area contributed by atoms with E-state index in [2.05, 4.69) is 34.8 Å². The maximum Gasteiger partial charge on any atom is 0.227 e. The van der Waals surface area contributed by atoms with Crippen LogP contribution < -0.4 is 16.0 Å². The van der Waals surface area contributed by atoms with Crippen LogP contribution in [0.3, 0.4) is 0 Å². The van der Waals surface area contributed by atoms with Gasteiger partial charge in [0.2, 0.25) is 11.9 Å². The van der Waals surface area contributed by atoms with Gasteiger partial charge in [0, 0.05) is 12.5 Å². The highest BCUT2D eigenvalue weighted by atomic mass is 16.3. The molecule has 4 rings (SSSR count). The number of nitrogens with one attached hydrogen (secondary N) is 3. The molecule has 1 aliphatic carbocycles. The van der Waals surface area contributed by atoms with Crippen molar-refractivity contribution in [2.24, 2.45) is 0 Å². The fraction of sp³-hybridized carbons (Fsp3) is 0.556. The molecule has 0 radical (unpaired) electrons. The summed E-state index contributed by atoms with van der Waals surface area (Å²) in [5, 5.41) is 41.2. The molecule has 0 aliphatic heterocycles. The van der Waals surface area contributed by atoms with Gasteiger partial charge in [0.25, 0.3) is 0 Å². The van der Waals surface area contributed by atoms with Gasteiger partial charge in [-0.3, -0.25) is 4.79 Å². The van der Waals surface area contributed by atoms with Gasteiger partial charge in [0.05, 0.1) is 31.1 Å². The summed E-state index contributed by atoms with van der Waals surface area (Å²) in [7, 11) is 0. The molecule has 0 bridgehead atoms. The van der Waals surface area contributed by atoms with E-state index < -0.39 is 24.3 Å². The fourth-order valence-electron chi connectivity index (χ4n) is 4.99. The van der Waals surface area contributed by atoms with Crippen LogP contribution in [0.15, 0.2) is 36.7 Å². The van der Waals surface area contributed by atoms with E-state index in [1.165, 1.54) is 0 Å². The summed E-state index contributed by atoms with van der Waals surface area (Å²) < 4.78 is 1.75. The number of aliphatic hydroxyl groups excluding tert-OH is 3. The number of hydrogen-bond donors (Lipinski definition) is 6. The molecule has 3 aromatic rings. The Balaban J connectivity index is 1.69. The SMILES string of the molecule is CCC(=O)N[C@H]1C[C@@H](n2cnc3c(NC(CC)CC)nc(N[C@H](CO)Cc4ccccc4)nc32)[C@H](O)[C@@H]1O. The molecule has 2 heterocycles. The zero-order valence-electron chi connectivity index (χ0n) is 22.2. The highest BCUT2D eigenvalue weighted by molar-refractivity contribution is 5.84. The van der Waals surface area contributed by atoms with Crippen LogP contribution in [0.5, 0.6) is 0 Å². The Morgan fingerprint density at radius 1 is 1.05 bits per heavy atom. The Hall–Kier alpha value is -3.28. The minimum atomic E-state index is -1.11. The lowest BCUT2D eigenvalue weighted by Crippen LogP contribution is -2.42. The van der Waals surface area contributed by atoms with Gasteiger partial charge in [0.1, 0.15) is 12.2 Å². The predicted molar refractivity (Wildman–Crippen MR) is 146 cm³/mol. The normalized spacial score (nSPS) is 22.1. The van der Waals surface area contributed by atoms with Gasteiger partial charge in [-0.2, -0.15) is 9.97 Å². The molecule has 11 nitrogen and oxygen atoms in total. The molecule has 0 unspecified atom stereocenters. The lowest BCUT2D eigenvalue weighted by Gasteiger charge is -2.21. The zero-order valence-corrected chi connectivity index (χ0v) is 22.2. The molecule has 1 aromatic carbocycles. The second-order valence-corrected chi connectivity index (χ2v) is 9.90.